The second-order valence-electron chi connectivity index (χ2n) is 4.57. The van der Waals surface area contributed by atoms with E-state index in [1.807, 2.05) is 0 Å². The molecule has 0 atom stereocenters. The summed E-state index contributed by atoms with van der Waals surface area (Å²) < 4.78 is 27.2. The normalized spacial score (nSPS) is 15.2. The number of para-hydroxylation sites is 1. The average molecular weight is 294 g/mol. The molecular formula is C11H14N6O2S. The molecule has 3 rings (SSSR count). The highest BCUT2D eigenvalue weighted by molar-refractivity contribution is 7.89. The molecule has 1 saturated carbocycles. The lowest BCUT2D eigenvalue weighted by Gasteiger charge is -2.11. The largest absolute Gasteiger partial charge is 0.376 e. The molecule has 20 heavy (non-hydrogen) atoms. The van der Waals surface area contributed by atoms with Gasteiger partial charge in [0.05, 0.1) is 12.2 Å². The number of aromatic amines is 1. The van der Waals surface area contributed by atoms with Crippen molar-refractivity contribution in [1.29, 1.82) is 0 Å². The van der Waals surface area contributed by atoms with E-state index < -0.39 is 10.0 Å². The predicted molar refractivity (Wildman–Crippen MR) is 71.3 cm³/mol. The number of benzene rings is 1. The lowest BCUT2D eigenvalue weighted by atomic mass is 10.3. The van der Waals surface area contributed by atoms with Gasteiger partial charge in [-0.2, -0.15) is 5.21 Å². The summed E-state index contributed by atoms with van der Waals surface area (Å²) in [5.74, 6) is 0.465. The van der Waals surface area contributed by atoms with E-state index in [0.29, 0.717) is 18.1 Å². The maximum Gasteiger partial charge on any atom is 0.242 e. The van der Waals surface area contributed by atoms with Crippen LogP contribution < -0.4 is 10.0 Å². The van der Waals surface area contributed by atoms with Gasteiger partial charge in [0.15, 0.2) is 5.82 Å². The van der Waals surface area contributed by atoms with Crippen LogP contribution in [0.1, 0.15) is 18.7 Å². The molecule has 106 valence electrons. The average Bonchev–Trinajstić information content (AvgIpc) is 3.07. The van der Waals surface area contributed by atoms with Crippen molar-refractivity contribution in [2.24, 2.45) is 0 Å². The molecule has 2 aromatic rings. The van der Waals surface area contributed by atoms with Crippen LogP contribution in [0, 0.1) is 0 Å². The van der Waals surface area contributed by atoms with Gasteiger partial charge >= 0.3 is 0 Å². The summed E-state index contributed by atoms with van der Waals surface area (Å²) in [7, 11) is -3.50. The molecule has 0 spiro atoms. The number of nitrogens with zero attached hydrogens (tertiary/aromatic N) is 3. The molecule has 0 aliphatic heterocycles. The molecule has 0 saturated heterocycles. The number of H-pyrrole nitrogens is 1. The molecule has 0 unspecified atom stereocenters. The van der Waals surface area contributed by atoms with Crippen LogP contribution in [0.5, 0.6) is 0 Å². The molecule has 9 heteroatoms. The van der Waals surface area contributed by atoms with Crippen LogP contribution in [0.3, 0.4) is 0 Å². The zero-order valence-electron chi connectivity index (χ0n) is 10.6. The van der Waals surface area contributed by atoms with Crippen LogP contribution in [0.4, 0.5) is 5.69 Å². The van der Waals surface area contributed by atoms with Gasteiger partial charge in [-0.05, 0) is 25.0 Å². The Hall–Kier alpha value is -2.00. The van der Waals surface area contributed by atoms with Gasteiger partial charge in [-0.1, -0.05) is 17.3 Å². The topological polar surface area (TPSA) is 113 Å². The van der Waals surface area contributed by atoms with Gasteiger partial charge < -0.3 is 5.32 Å². The van der Waals surface area contributed by atoms with Gasteiger partial charge in [-0.3, -0.25) is 0 Å². The Morgan fingerprint density at radius 2 is 2.10 bits per heavy atom. The Morgan fingerprint density at radius 1 is 1.30 bits per heavy atom. The van der Waals surface area contributed by atoms with E-state index in [4.69, 9.17) is 0 Å². The number of tetrazole rings is 1. The van der Waals surface area contributed by atoms with Crippen LogP contribution in [0.15, 0.2) is 29.2 Å². The number of sulfonamides is 1. The summed E-state index contributed by atoms with van der Waals surface area (Å²) in [4.78, 5) is 0.232. The van der Waals surface area contributed by atoms with Crippen LogP contribution in [0.2, 0.25) is 0 Å². The van der Waals surface area contributed by atoms with Crippen molar-refractivity contribution >= 4 is 15.7 Å². The molecule has 1 heterocycles. The van der Waals surface area contributed by atoms with Gasteiger partial charge in [0, 0.05) is 6.04 Å². The maximum atomic E-state index is 12.3. The Balaban J connectivity index is 1.80. The van der Waals surface area contributed by atoms with E-state index in [1.54, 1.807) is 24.3 Å². The van der Waals surface area contributed by atoms with E-state index in [2.05, 4.69) is 30.7 Å². The van der Waals surface area contributed by atoms with E-state index in [-0.39, 0.29) is 10.9 Å². The number of aromatic nitrogens is 4. The third kappa shape index (κ3) is 2.94. The van der Waals surface area contributed by atoms with E-state index >= 15 is 0 Å². The first-order chi connectivity index (χ1) is 9.65. The molecule has 8 nitrogen and oxygen atoms in total. The summed E-state index contributed by atoms with van der Waals surface area (Å²) in [6, 6.07) is 6.82. The zero-order chi connectivity index (χ0) is 14.0. The molecular weight excluding hydrogens is 280 g/mol. The lowest BCUT2D eigenvalue weighted by molar-refractivity contribution is 0.581. The van der Waals surface area contributed by atoms with Crippen LogP contribution >= 0.6 is 0 Å². The van der Waals surface area contributed by atoms with Crippen molar-refractivity contribution in [3.63, 3.8) is 0 Å². The Morgan fingerprint density at radius 3 is 2.80 bits per heavy atom. The summed E-state index contributed by atoms with van der Waals surface area (Å²) in [6.45, 7) is 0.298. The molecule has 0 bridgehead atoms. The maximum absolute atomic E-state index is 12.3. The van der Waals surface area contributed by atoms with Gasteiger partial charge in [0.25, 0.3) is 0 Å². The van der Waals surface area contributed by atoms with Crippen LogP contribution in [-0.4, -0.2) is 35.1 Å². The quantitative estimate of drug-likeness (QED) is 0.704. The third-order valence-electron chi connectivity index (χ3n) is 2.90. The first-order valence-electron chi connectivity index (χ1n) is 6.23. The van der Waals surface area contributed by atoms with E-state index in [1.165, 1.54) is 0 Å². The predicted octanol–water partition coefficient (Wildman–Crippen LogP) is 0.252. The fourth-order valence-corrected chi connectivity index (χ4v) is 3.25. The number of nitrogens with one attached hydrogen (secondary N) is 3. The van der Waals surface area contributed by atoms with Crippen molar-refractivity contribution in [2.75, 3.05) is 5.32 Å². The number of rotatable bonds is 6. The second-order valence-corrected chi connectivity index (χ2v) is 6.26. The highest BCUT2D eigenvalue weighted by Crippen LogP contribution is 2.26. The zero-order valence-corrected chi connectivity index (χ0v) is 11.4. The standard InChI is InChI=1S/C11H14N6O2S/c18-20(19,15-8-5-6-8)10-4-2-1-3-9(10)12-7-11-13-16-17-14-11/h1-4,8,12,15H,5-7H2,(H,13,14,16,17). The van der Waals surface area contributed by atoms with Crippen molar-refractivity contribution in [3.8, 4) is 0 Å². The van der Waals surface area contributed by atoms with Crippen LogP contribution in [0.25, 0.3) is 0 Å². The minimum Gasteiger partial charge on any atom is -0.376 e. The fraction of sp³-hybridized carbons (Fsp3) is 0.364. The summed E-state index contributed by atoms with van der Waals surface area (Å²) >= 11 is 0. The van der Waals surface area contributed by atoms with Gasteiger partial charge in [-0.25, -0.2) is 13.1 Å². The summed E-state index contributed by atoms with van der Waals surface area (Å²) in [5.41, 5.74) is 0.519. The van der Waals surface area contributed by atoms with E-state index in [0.717, 1.165) is 12.8 Å². The van der Waals surface area contributed by atoms with Crippen molar-refractivity contribution < 1.29 is 8.42 Å². The first-order valence-corrected chi connectivity index (χ1v) is 7.71. The van der Waals surface area contributed by atoms with Crippen molar-refractivity contribution in [1.82, 2.24) is 25.3 Å². The molecule has 1 fully saturated rings. The van der Waals surface area contributed by atoms with E-state index in [9.17, 15) is 8.42 Å². The monoisotopic (exact) mass is 294 g/mol. The summed E-state index contributed by atoms with van der Waals surface area (Å²) in [6.07, 6.45) is 1.80. The van der Waals surface area contributed by atoms with Gasteiger partial charge in [0.2, 0.25) is 10.0 Å². The minimum absolute atomic E-state index is 0.0743. The summed E-state index contributed by atoms with van der Waals surface area (Å²) in [5, 5.41) is 16.4. The van der Waals surface area contributed by atoms with Gasteiger partial charge in [0.1, 0.15) is 4.90 Å². The Bertz CT molecular complexity index is 681. The number of anilines is 1. The lowest BCUT2D eigenvalue weighted by Crippen LogP contribution is -2.26. The smallest absolute Gasteiger partial charge is 0.242 e. The van der Waals surface area contributed by atoms with Crippen molar-refractivity contribution in [3.05, 3.63) is 30.1 Å². The molecule has 0 amide bonds. The first kappa shape index (κ1) is 13.0. The highest BCUT2D eigenvalue weighted by atomic mass is 32.2. The van der Waals surface area contributed by atoms with Crippen LogP contribution in [-0.2, 0) is 16.6 Å². The number of hydrogen-bond acceptors (Lipinski definition) is 6. The number of hydrogen-bond donors (Lipinski definition) is 3. The molecule has 1 aromatic heterocycles. The molecule has 1 aliphatic carbocycles. The molecule has 1 aliphatic rings. The minimum atomic E-state index is -3.50. The fourth-order valence-electron chi connectivity index (χ4n) is 1.76. The molecule has 1 aromatic carbocycles. The highest BCUT2D eigenvalue weighted by Gasteiger charge is 2.29. The Labute approximate surface area is 116 Å². The second kappa shape index (κ2) is 5.17. The van der Waals surface area contributed by atoms with Crippen molar-refractivity contribution in [2.45, 2.75) is 30.3 Å². The van der Waals surface area contributed by atoms with Gasteiger partial charge in [-0.15, -0.1) is 10.2 Å². The Kier molecular flexibility index (Phi) is 3.36. The third-order valence-corrected chi connectivity index (χ3v) is 4.48. The molecule has 0 radical (unpaired) electrons. The molecule has 3 N–H and O–H groups in total. The SMILES string of the molecule is O=S(=O)(NC1CC1)c1ccccc1NCc1nn[nH]n1.